The molecule has 2 N–H and O–H groups in total. The van der Waals surface area contributed by atoms with Gasteiger partial charge in [-0.05, 0) is 0 Å². The van der Waals surface area contributed by atoms with E-state index >= 15 is 0 Å². The zero-order valence-corrected chi connectivity index (χ0v) is 7.29. The Balaban J connectivity index is 2.88. The second kappa shape index (κ2) is 2.95. The molecular formula is C6H7NOTe. The van der Waals surface area contributed by atoms with Gasteiger partial charge in [-0.1, -0.05) is 0 Å². The first-order valence-corrected chi connectivity index (χ1v) is 3.54. The molecule has 9 heavy (non-hydrogen) atoms. The van der Waals surface area contributed by atoms with Gasteiger partial charge in [-0.3, -0.25) is 0 Å². The zero-order valence-electron chi connectivity index (χ0n) is 4.74. The number of anilines is 1. The van der Waals surface area contributed by atoms with E-state index in [1.165, 1.54) is 22.7 Å². The maximum absolute atomic E-state index is 5.43. The third-order valence-corrected chi connectivity index (χ3v) is 1.59. The van der Waals surface area contributed by atoms with Crippen LogP contribution < -0.4 is 8.83 Å². The van der Waals surface area contributed by atoms with Gasteiger partial charge in [-0.2, -0.15) is 0 Å². The van der Waals surface area contributed by atoms with Crippen LogP contribution >= 0.6 is 0 Å². The molecule has 0 amide bonds. The van der Waals surface area contributed by atoms with Gasteiger partial charge in [-0.25, -0.2) is 0 Å². The summed E-state index contributed by atoms with van der Waals surface area (Å²) in [5, 5.41) is 0. The van der Waals surface area contributed by atoms with Crippen LogP contribution in [0.4, 0.5) is 5.69 Å². The zero-order chi connectivity index (χ0) is 6.69. The Hall–Kier alpha value is -0.390. The fraction of sp³-hybridized carbons (Fsp3) is 0. The van der Waals surface area contributed by atoms with Crippen molar-refractivity contribution in [1.82, 2.24) is 0 Å². The van der Waals surface area contributed by atoms with Crippen LogP contribution in [0.1, 0.15) is 0 Å². The van der Waals surface area contributed by atoms with Crippen LogP contribution in [-0.4, -0.2) is 22.7 Å². The summed E-state index contributed by atoms with van der Waals surface area (Å²) in [7, 11) is 0. The number of nitrogens with two attached hydrogens (primary N) is 1. The number of benzene rings is 1. The molecule has 1 rings (SSSR count). The fourth-order valence-electron chi connectivity index (χ4n) is 0.529. The Morgan fingerprint density at radius 3 is 2.22 bits per heavy atom. The maximum atomic E-state index is 5.43. The topological polar surface area (TPSA) is 35.2 Å². The summed E-state index contributed by atoms with van der Waals surface area (Å²) in [6.45, 7) is 0. The number of hydrogen-bond donors (Lipinski definition) is 1. The van der Waals surface area contributed by atoms with E-state index in [4.69, 9.17) is 8.83 Å². The van der Waals surface area contributed by atoms with Crippen LogP contribution in [0.25, 0.3) is 0 Å². The molecule has 0 atom stereocenters. The van der Waals surface area contributed by atoms with Gasteiger partial charge in [0.1, 0.15) is 0 Å². The van der Waals surface area contributed by atoms with Crippen LogP contribution in [0.5, 0.6) is 5.75 Å². The Kier molecular flexibility index (Phi) is 2.21. The van der Waals surface area contributed by atoms with Crippen molar-refractivity contribution in [3.63, 3.8) is 0 Å². The third kappa shape index (κ3) is 1.78. The van der Waals surface area contributed by atoms with Crippen molar-refractivity contribution in [2.45, 2.75) is 0 Å². The van der Waals surface area contributed by atoms with Crippen molar-refractivity contribution in [3.8, 4) is 5.75 Å². The van der Waals surface area contributed by atoms with Gasteiger partial charge in [-0.15, -0.1) is 0 Å². The van der Waals surface area contributed by atoms with Crippen molar-refractivity contribution in [2.75, 3.05) is 5.73 Å². The summed E-state index contributed by atoms with van der Waals surface area (Å²) >= 11 is 1.31. The molecule has 0 spiro atoms. The van der Waals surface area contributed by atoms with E-state index in [1.807, 2.05) is 24.3 Å². The molecular weight excluding hydrogens is 230 g/mol. The van der Waals surface area contributed by atoms with Gasteiger partial charge in [0.05, 0.1) is 0 Å². The molecule has 0 heterocycles. The van der Waals surface area contributed by atoms with Crippen molar-refractivity contribution in [3.05, 3.63) is 24.3 Å². The number of nitrogen functional groups attached to an aromatic ring is 1. The Labute approximate surface area is 67.5 Å². The molecule has 3 heteroatoms. The molecule has 0 aromatic heterocycles. The van der Waals surface area contributed by atoms with Crippen LogP contribution in [0, 0.1) is 0 Å². The molecule has 0 aliphatic rings. The summed E-state index contributed by atoms with van der Waals surface area (Å²) in [6.07, 6.45) is 0. The molecule has 48 valence electrons. The van der Waals surface area contributed by atoms with E-state index in [-0.39, 0.29) is 0 Å². The van der Waals surface area contributed by atoms with Crippen molar-refractivity contribution < 1.29 is 3.10 Å². The minimum atomic E-state index is 0.766. The van der Waals surface area contributed by atoms with Crippen molar-refractivity contribution in [1.29, 1.82) is 0 Å². The third-order valence-electron chi connectivity index (χ3n) is 0.986. The second-order valence-corrected chi connectivity index (χ2v) is 2.18. The average Bonchev–Trinajstić information content (AvgIpc) is 1.90. The summed E-state index contributed by atoms with van der Waals surface area (Å²) in [4.78, 5) is 0. The molecule has 0 bridgehead atoms. The molecule has 1 aromatic rings. The predicted molar refractivity (Wildman–Crippen MR) is 38.6 cm³/mol. The normalized spacial score (nSPS) is 9.00. The Bertz CT molecular complexity index is 185. The summed E-state index contributed by atoms with van der Waals surface area (Å²) in [5.74, 6) is 0.859. The molecule has 0 radical (unpaired) electrons. The monoisotopic (exact) mass is 239 g/mol. The number of hydrogen-bond acceptors (Lipinski definition) is 2. The van der Waals surface area contributed by atoms with Crippen LogP contribution in [0.2, 0.25) is 0 Å². The molecule has 0 fully saturated rings. The second-order valence-electron chi connectivity index (χ2n) is 1.66. The summed E-state index contributed by atoms with van der Waals surface area (Å²) in [6, 6.07) is 7.31. The minimum absolute atomic E-state index is 0.766. The fourth-order valence-corrected chi connectivity index (χ4v) is 0.876. The van der Waals surface area contributed by atoms with Gasteiger partial charge in [0.2, 0.25) is 0 Å². The van der Waals surface area contributed by atoms with Crippen LogP contribution in [0.3, 0.4) is 0 Å². The molecule has 0 saturated carbocycles. The first-order valence-electron chi connectivity index (χ1n) is 2.50. The summed E-state index contributed by atoms with van der Waals surface area (Å²) < 4.78 is 4.96. The van der Waals surface area contributed by atoms with E-state index in [0.717, 1.165) is 11.4 Å². The molecule has 0 saturated heterocycles. The summed E-state index contributed by atoms with van der Waals surface area (Å²) in [5.41, 5.74) is 6.20. The first-order chi connectivity index (χ1) is 4.33. The van der Waals surface area contributed by atoms with E-state index in [9.17, 15) is 0 Å². The van der Waals surface area contributed by atoms with Gasteiger partial charge in [0.25, 0.3) is 0 Å². The van der Waals surface area contributed by atoms with Crippen LogP contribution in [-0.2, 0) is 0 Å². The van der Waals surface area contributed by atoms with Gasteiger partial charge < -0.3 is 0 Å². The molecule has 0 unspecified atom stereocenters. The molecule has 2 nitrogen and oxygen atoms in total. The van der Waals surface area contributed by atoms with Crippen LogP contribution in [0.15, 0.2) is 24.3 Å². The van der Waals surface area contributed by atoms with Crippen molar-refractivity contribution in [2.24, 2.45) is 0 Å². The van der Waals surface area contributed by atoms with E-state index in [2.05, 4.69) is 0 Å². The van der Waals surface area contributed by atoms with Crippen molar-refractivity contribution >= 4 is 28.4 Å². The van der Waals surface area contributed by atoms with Gasteiger partial charge in [0.15, 0.2) is 0 Å². The van der Waals surface area contributed by atoms with E-state index < -0.39 is 0 Å². The predicted octanol–water partition coefficient (Wildman–Crippen LogP) is 0.463. The average molecular weight is 237 g/mol. The van der Waals surface area contributed by atoms with Gasteiger partial charge in [0, 0.05) is 0 Å². The quantitative estimate of drug-likeness (QED) is 0.568. The molecule has 0 aliphatic heterocycles. The standard InChI is InChI=1S/C6H7NOTe/c7-5-1-3-6(8-9)4-2-5/h1-4,9H,7H2. The van der Waals surface area contributed by atoms with E-state index in [1.54, 1.807) is 0 Å². The molecule has 0 aliphatic carbocycles. The Morgan fingerprint density at radius 2 is 1.78 bits per heavy atom. The Morgan fingerprint density at radius 1 is 1.22 bits per heavy atom. The SMILES string of the molecule is Nc1ccc(O[TeH])cc1. The number of rotatable bonds is 1. The first kappa shape index (κ1) is 6.73. The van der Waals surface area contributed by atoms with E-state index in [0.29, 0.717) is 0 Å². The van der Waals surface area contributed by atoms with Gasteiger partial charge >= 0.3 is 67.2 Å². The molecule has 1 aromatic carbocycles.